The Labute approximate surface area is 298 Å². The fourth-order valence-corrected chi connectivity index (χ4v) is 7.68. The lowest BCUT2D eigenvalue weighted by Crippen LogP contribution is -2.54. The molecule has 7 atom stereocenters. The van der Waals surface area contributed by atoms with Crippen molar-refractivity contribution in [3.63, 3.8) is 0 Å². The highest BCUT2D eigenvalue weighted by Gasteiger charge is 2.57. The largest absolute Gasteiger partial charge is 0.444 e. The number of amides is 2. The van der Waals surface area contributed by atoms with Crippen LogP contribution in [0.5, 0.6) is 0 Å². The van der Waals surface area contributed by atoms with E-state index in [1.807, 2.05) is 97.0 Å². The normalized spacial score (nSPS) is 27.3. The lowest BCUT2D eigenvalue weighted by Gasteiger charge is -2.34. The first-order valence-corrected chi connectivity index (χ1v) is 17.9. The van der Waals surface area contributed by atoms with Gasteiger partial charge in [-0.3, -0.25) is 9.80 Å². The highest BCUT2D eigenvalue weighted by atomic mass is 19.1. The summed E-state index contributed by atoms with van der Waals surface area (Å²) in [5.41, 5.74) is 2.36. The summed E-state index contributed by atoms with van der Waals surface area (Å²) in [5, 5.41) is 6.23. The minimum atomic E-state index is -0.654. The van der Waals surface area contributed by atoms with Gasteiger partial charge in [-0.05, 0) is 90.7 Å². The fourth-order valence-electron chi connectivity index (χ4n) is 7.68. The van der Waals surface area contributed by atoms with Crippen molar-refractivity contribution >= 4 is 17.9 Å². The van der Waals surface area contributed by atoms with Gasteiger partial charge in [0.1, 0.15) is 28.9 Å². The molecule has 4 heterocycles. The van der Waals surface area contributed by atoms with Crippen molar-refractivity contribution in [3.05, 3.63) is 71.8 Å². The zero-order valence-corrected chi connectivity index (χ0v) is 30.5. The summed E-state index contributed by atoms with van der Waals surface area (Å²) in [5.74, 6) is -0.0196. The SMILES string of the molecule is CC1C[C@@H](c2nc(-c3ccc(-c4ccc(C5=C(F)NC([C@@H]6C[C@H]7C[C@H]7N6C(=O)OC(C)(C)C)N5)cc4)cc3)c(F)[nH]2)N(C(=O)OC(C)(C)C)C1C. The molecule has 1 aromatic heterocycles. The zero-order chi connectivity index (χ0) is 36.6. The molecule has 10 nitrogen and oxygen atoms in total. The van der Waals surface area contributed by atoms with E-state index in [9.17, 15) is 9.59 Å². The topological polar surface area (TPSA) is 112 Å². The summed E-state index contributed by atoms with van der Waals surface area (Å²) < 4.78 is 42.0. The summed E-state index contributed by atoms with van der Waals surface area (Å²) >= 11 is 0. The van der Waals surface area contributed by atoms with E-state index in [0.29, 0.717) is 35.0 Å². The molecular weight excluding hydrogens is 654 g/mol. The van der Waals surface area contributed by atoms with E-state index in [-0.39, 0.29) is 35.8 Å². The second-order valence-electron chi connectivity index (χ2n) is 16.5. The van der Waals surface area contributed by atoms with E-state index in [4.69, 9.17) is 9.47 Å². The molecule has 2 aromatic carbocycles. The van der Waals surface area contributed by atoms with Gasteiger partial charge in [0.05, 0.1) is 17.8 Å². The molecule has 2 saturated heterocycles. The van der Waals surface area contributed by atoms with Gasteiger partial charge in [0.15, 0.2) is 0 Å². The van der Waals surface area contributed by atoms with Crippen molar-refractivity contribution in [3.8, 4) is 22.4 Å². The first-order chi connectivity index (χ1) is 24.0. The van der Waals surface area contributed by atoms with Crippen LogP contribution in [-0.4, -0.2) is 67.4 Å². The molecule has 1 saturated carbocycles. The number of carbonyl (C=O) groups is 2. The van der Waals surface area contributed by atoms with Gasteiger partial charge < -0.3 is 25.1 Å². The molecule has 3 aliphatic heterocycles. The van der Waals surface area contributed by atoms with Crippen molar-refractivity contribution in [1.82, 2.24) is 30.4 Å². The Bertz CT molecular complexity index is 1840. The molecule has 0 radical (unpaired) electrons. The first-order valence-electron chi connectivity index (χ1n) is 17.9. The van der Waals surface area contributed by atoms with Gasteiger partial charge >= 0.3 is 12.2 Å². The van der Waals surface area contributed by atoms with Crippen LogP contribution >= 0.6 is 0 Å². The second kappa shape index (κ2) is 12.6. The third-order valence-corrected chi connectivity index (χ3v) is 10.4. The number of H-pyrrole nitrogens is 1. The third kappa shape index (κ3) is 6.89. The number of aromatic amines is 1. The molecule has 0 bridgehead atoms. The molecule has 272 valence electrons. The van der Waals surface area contributed by atoms with Crippen molar-refractivity contribution in [2.24, 2.45) is 11.8 Å². The Morgan fingerprint density at radius 3 is 1.86 bits per heavy atom. The number of ether oxygens (including phenoxy) is 2. The van der Waals surface area contributed by atoms with Crippen LogP contribution in [0.15, 0.2) is 54.5 Å². The lowest BCUT2D eigenvalue weighted by molar-refractivity contribution is 0.0132. The van der Waals surface area contributed by atoms with Crippen LogP contribution in [0.4, 0.5) is 18.4 Å². The van der Waals surface area contributed by atoms with Crippen LogP contribution in [0.1, 0.15) is 92.1 Å². The molecule has 12 heteroatoms. The van der Waals surface area contributed by atoms with Crippen LogP contribution in [0, 0.1) is 17.8 Å². The Kier molecular flexibility index (Phi) is 8.57. The maximum atomic E-state index is 15.3. The molecular formula is C39H48F2N6O4. The Hall–Kier alpha value is -4.61. The van der Waals surface area contributed by atoms with Crippen LogP contribution in [-0.2, 0) is 9.47 Å². The first kappa shape index (κ1) is 34.8. The standard InChI is InChI=1S/C39H48F2N6O4/c1-20-17-28(46(21(20)2)36(48)50-38(3,4)5)34-42-30(32(40)44-34)24-13-9-22(10-14-24)23-11-15-25(16-12-23)31-33(41)45-35(43-31)29-19-26-18-27(26)47(29)37(49)51-39(6,7)8/h9-16,20-21,26-29,35,43,45H,17-19H2,1-8H3,(H,42,44)/t20?,21?,26-,27-,28+,29+,35?/m1/s1. The molecule has 3 unspecified atom stereocenters. The highest BCUT2D eigenvalue weighted by molar-refractivity contribution is 5.74. The molecule has 0 spiro atoms. The van der Waals surface area contributed by atoms with Gasteiger partial charge in [-0.1, -0.05) is 55.5 Å². The van der Waals surface area contributed by atoms with Gasteiger partial charge in [0.2, 0.25) is 11.9 Å². The van der Waals surface area contributed by atoms with Gasteiger partial charge in [0, 0.05) is 23.2 Å². The van der Waals surface area contributed by atoms with E-state index >= 15 is 8.78 Å². The van der Waals surface area contributed by atoms with Crippen LogP contribution < -0.4 is 10.6 Å². The van der Waals surface area contributed by atoms with E-state index in [0.717, 1.165) is 24.0 Å². The number of rotatable bonds is 5. The average Bonchev–Trinajstić information content (AvgIpc) is 3.33. The Balaban J connectivity index is 1.03. The lowest BCUT2D eigenvalue weighted by atomic mass is 10.0. The summed E-state index contributed by atoms with van der Waals surface area (Å²) in [7, 11) is 0. The number of carbonyl (C=O) groups excluding carboxylic acids is 2. The molecule has 51 heavy (non-hydrogen) atoms. The quantitative estimate of drug-likeness (QED) is 0.231. The van der Waals surface area contributed by atoms with Crippen LogP contribution in [0.25, 0.3) is 28.1 Å². The number of piperidine rings is 1. The smallest absolute Gasteiger partial charge is 0.411 e. The van der Waals surface area contributed by atoms with Crippen molar-refractivity contribution in [2.75, 3.05) is 0 Å². The molecule has 3 aromatic rings. The van der Waals surface area contributed by atoms with E-state index < -0.39 is 41.4 Å². The van der Waals surface area contributed by atoms with E-state index in [2.05, 4.69) is 27.5 Å². The average molecular weight is 703 g/mol. The third-order valence-electron chi connectivity index (χ3n) is 10.4. The summed E-state index contributed by atoms with van der Waals surface area (Å²) in [6.07, 6.45) is 1.13. The number of nitrogens with one attached hydrogen (secondary N) is 3. The van der Waals surface area contributed by atoms with Gasteiger partial charge in [-0.15, -0.1) is 0 Å². The van der Waals surface area contributed by atoms with Gasteiger partial charge in [-0.2, -0.15) is 8.78 Å². The number of hydrogen-bond donors (Lipinski definition) is 3. The van der Waals surface area contributed by atoms with Crippen LogP contribution in [0.3, 0.4) is 0 Å². The van der Waals surface area contributed by atoms with Crippen molar-refractivity contribution in [2.45, 2.75) is 116 Å². The fraction of sp³-hybridized carbons (Fsp3) is 0.513. The molecule has 1 aliphatic carbocycles. The number of fused-ring (bicyclic) bond motifs is 1. The number of benzene rings is 2. The van der Waals surface area contributed by atoms with E-state index in [1.54, 1.807) is 9.80 Å². The van der Waals surface area contributed by atoms with Crippen molar-refractivity contribution in [1.29, 1.82) is 0 Å². The molecule has 3 fully saturated rings. The Morgan fingerprint density at radius 2 is 1.27 bits per heavy atom. The number of hydrogen-bond acceptors (Lipinski definition) is 7. The van der Waals surface area contributed by atoms with Gasteiger partial charge in [-0.25, -0.2) is 14.6 Å². The minimum Gasteiger partial charge on any atom is -0.444 e. The number of nitrogens with zero attached hydrogens (tertiary/aromatic N) is 3. The van der Waals surface area contributed by atoms with Crippen LogP contribution in [0.2, 0.25) is 0 Å². The summed E-state index contributed by atoms with van der Waals surface area (Å²) in [6.45, 7) is 15.1. The summed E-state index contributed by atoms with van der Waals surface area (Å²) in [4.78, 5) is 37.0. The zero-order valence-electron chi connectivity index (χ0n) is 30.5. The number of imidazole rings is 1. The highest BCUT2D eigenvalue weighted by Crippen LogP contribution is 2.49. The minimum absolute atomic E-state index is 0.0885. The number of halogens is 2. The number of aromatic nitrogens is 2. The Morgan fingerprint density at radius 1 is 0.745 bits per heavy atom. The molecule has 3 N–H and O–H groups in total. The number of likely N-dealkylation sites (tertiary alicyclic amines) is 2. The van der Waals surface area contributed by atoms with Gasteiger partial charge in [0.25, 0.3) is 0 Å². The molecule has 4 aliphatic rings. The maximum Gasteiger partial charge on any atom is 0.411 e. The van der Waals surface area contributed by atoms with Crippen molar-refractivity contribution < 1.29 is 27.8 Å². The maximum absolute atomic E-state index is 15.3. The predicted molar refractivity (Wildman–Crippen MR) is 190 cm³/mol. The second-order valence-corrected chi connectivity index (χ2v) is 16.5. The molecule has 7 rings (SSSR count). The molecule has 2 amide bonds. The van der Waals surface area contributed by atoms with E-state index in [1.165, 1.54) is 0 Å². The monoisotopic (exact) mass is 702 g/mol. The predicted octanol–water partition coefficient (Wildman–Crippen LogP) is 8.10. The summed E-state index contributed by atoms with van der Waals surface area (Å²) in [6, 6.07) is 14.4.